The number of morpholine rings is 1. The molecular formula is C12H18N4O2S. The van der Waals surface area contributed by atoms with Gasteiger partial charge < -0.3 is 9.64 Å². The molecule has 1 atom stereocenters. The number of thiazole rings is 1. The summed E-state index contributed by atoms with van der Waals surface area (Å²) in [6, 6.07) is 0. The average molecular weight is 282 g/mol. The molecule has 0 radical (unpaired) electrons. The van der Waals surface area contributed by atoms with Crippen LogP contribution in [0.15, 0.2) is 0 Å². The highest BCUT2D eigenvalue weighted by Crippen LogP contribution is 2.34. The number of nitrogens with zero attached hydrogens (tertiary/aromatic N) is 2. The van der Waals surface area contributed by atoms with E-state index in [0.29, 0.717) is 0 Å². The Kier molecular flexibility index (Phi) is 3.67. The number of hydrazine groups is 1. The lowest BCUT2D eigenvalue weighted by molar-refractivity contribution is -0.125. The normalized spacial score (nSPS) is 23.0. The maximum Gasteiger partial charge on any atom is 0.237 e. The first-order valence-corrected chi connectivity index (χ1v) is 7.41. The number of hydrogen-bond acceptors (Lipinski definition) is 6. The second kappa shape index (κ2) is 5.44. The maximum atomic E-state index is 11.6. The van der Waals surface area contributed by atoms with E-state index in [9.17, 15) is 4.79 Å². The van der Waals surface area contributed by atoms with E-state index in [4.69, 9.17) is 15.6 Å². The van der Waals surface area contributed by atoms with Crippen LogP contribution in [0, 0.1) is 5.92 Å². The first kappa shape index (κ1) is 12.8. The number of amides is 1. The third kappa shape index (κ3) is 2.58. The molecule has 1 aromatic rings. The highest BCUT2D eigenvalue weighted by Gasteiger charge is 2.28. The van der Waals surface area contributed by atoms with E-state index >= 15 is 0 Å². The molecule has 3 rings (SSSR count). The molecule has 1 aliphatic carbocycles. The van der Waals surface area contributed by atoms with Gasteiger partial charge in [-0.2, -0.15) is 0 Å². The molecule has 2 heterocycles. The molecule has 104 valence electrons. The second-order valence-corrected chi connectivity index (χ2v) is 5.98. The molecule has 0 aromatic carbocycles. The van der Waals surface area contributed by atoms with Crippen LogP contribution in [0.5, 0.6) is 0 Å². The minimum absolute atomic E-state index is 0.00418. The number of aromatic nitrogens is 1. The van der Waals surface area contributed by atoms with Crippen LogP contribution in [-0.4, -0.2) is 37.2 Å². The minimum Gasteiger partial charge on any atom is -0.378 e. The Bertz CT molecular complexity index is 470. The summed E-state index contributed by atoms with van der Waals surface area (Å²) in [4.78, 5) is 19.8. The van der Waals surface area contributed by atoms with Crippen LogP contribution < -0.4 is 16.2 Å². The average Bonchev–Trinajstić information content (AvgIpc) is 2.90. The molecule has 0 spiro atoms. The van der Waals surface area contributed by atoms with Gasteiger partial charge in [0.15, 0.2) is 5.13 Å². The summed E-state index contributed by atoms with van der Waals surface area (Å²) in [6.07, 6.45) is 2.47. The van der Waals surface area contributed by atoms with Crippen molar-refractivity contribution >= 4 is 22.4 Å². The van der Waals surface area contributed by atoms with Gasteiger partial charge in [-0.3, -0.25) is 10.2 Å². The Morgan fingerprint density at radius 2 is 2.26 bits per heavy atom. The first-order chi connectivity index (χ1) is 9.28. The summed E-state index contributed by atoms with van der Waals surface area (Å²) in [6.45, 7) is 3.34. The summed E-state index contributed by atoms with van der Waals surface area (Å²) in [5.74, 6) is 5.14. The van der Waals surface area contributed by atoms with Crippen LogP contribution in [0.1, 0.15) is 17.0 Å². The molecule has 2 aliphatic rings. The van der Waals surface area contributed by atoms with Crippen LogP contribution in [0.4, 0.5) is 5.13 Å². The van der Waals surface area contributed by atoms with Crippen molar-refractivity contribution in [1.82, 2.24) is 10.4 Å². The molecule has 1 fully saturated rings. The number of anilines is 1. The van der Waals surface area contributed by atoms with Crippen LogP contribution in [0.3, 0.4) is 0 Å². The van der Waals surface area contributed by atoms with Crippen molar-refractivity contribution in [3.05, 3.63) is 10.6 Å². The molecule has 1 aliphatic heterocycles. The first-order valence-electron chi connectivity index (χ1n) is 6.59. The van der Waals surface area contributed by atoms with Crippen molar-refractivity contribution < 1.29 is 9.53 Å². The van der Waals surface area contributed by atoms with Gasteiger partial charge in [0.1, 0.15) is 0 Å². The van der Waals surface area contributed by atoms with Crippen molar-refractivity contribution in [3.8, 4) is 0 Å². The number of ether oxygens (including phenoxy) is 1. The number of fused-ring (bicyclic) bond motifs is 1. The topological polar surface area (TPSA) is 80.5 Å². The van der Waals surface area contributed by atoms with E-state index in [1.165, 1.54) is 4.88 Å². The molecule has 3 N–H and O–H groups in total. The number of nitrogens with one attached hydrogen (secondary N) is 1. The van der Waals surface area contributed by atoms with E-state index in [1.807, 2.05) is 0 Å². The maximum absolute atomic E-state index is 11.6. The fourth-order valence-corrected chi connectivity index (χ4v) is 3.83. The summed E-state index contributed by atoms with van der Waals surface area (Å²) in [5, 5.41) is 1.07. The van der Waals surface area contributed by atoms with Crippen LogP contribution in [-0.2, 0) is 22.4 Å². The van der Waals surface area contributed by atoms with Crippen LogP contribution >= 0.6 is 11.3 Å². The fourth-order valence-electron chi connectivity index (χ4n) is 2.59. The predicted octanol–water partition coefficient (Wildman–Crippen LogP) is 0.0745. The molecule has 7 heteroatoms. The largest absolute Gasteiger partial charge is 0.378 e. The number of aryl methyl sites for hydroxylation is 1. The van der Waals surface area contributed by atoms with Crippen molar-refractivity contribution in [2.45, 2.75) is 19.3 Å². The Morgan fingerprint density at radius 1 is 1.47 bits per heavy atom. The van der Waals surface area contributed by atoms with E-state index < -0.39 is 0 Å². The molecule has 1 amide bonds. The number of carbonyl (C=O) groups excluding carboxylic acids is 1. The van der Waals surface area contributed by atoms with Crippen molar-refractivity contribution in [1.29, 1.82) is 0 Å². The third-order valence-corrected chi connectivity index (χ3v) is 4.90. The van der Waals surface area contributed by atoms with E-state index in [2.05, 4.69) is 10.3 Å². The van der Waals surface area contributed by atoms with Gasteiger partial charge in [-0.1, -0.05) is 0 Å². The van der Waals surface area contributed by atoms with E-state index in [1.54, 1.807) is 11.3 Å². The molecule has 6 nitrogen and oxygen atoms in total. The number of hydrogen-bond donors (Lipinski definition) is 2. The molecule has 1 saturated heterocycles. The molecular weight excluding hydrogens is 264 g/mol. The lowest BCUT2D eigenvalue weighted by atomic mass is 9.91. The summed E-state index contributed by atoms with van der Waals surface area (Å²) < 4.78 is 5.35. The summed E-state index contributed by atoms with van der Waals surface area (Å²) >= 11 is 1.71. The highest BCUT2D eigenvalue weighted by atomic mass is 32.1. The Balaban J connectivity index is 1.74. The summed E-state index contributed by atoms with van der Waals surface area (Å²) in [5.41, 5.74) is 3.41. The lowest BCUT2D eigenvalue weighted by Gasteiger charge is -2.26. The Morgan fingerprint density at radius 3 is 3.00 bits per heavy atom. The number of rotatable bonds is 2. The van der Waals surface area contributed by atoms with Gasteiger partial charge in [0.2, 0.25) is 5.91 Å². The lowest BCUT2D eigenvalue weighted by Crippen LogP contribution is -2.38. The van der Waals surface area contributed by atoms with Gasteiger partial charge in [0, 0.05) is 23.9 Å². The highest BCUT2D eigenvalue weighted by molar-refractivity contribution is 7.15. The smallest absolute Gasteiger partial charge is 0.237 e. The SMILES string of the molecule is NNC(=O)C1CCc2nc(N3CCOCC3)sc2C1. The van der Waals surface area contributed by atoms with Crippen molar-refractivity contribution in [2.24, 2.45) is 11.8 Å². The molecule has 1 aromatic heterocycles. The van der Waals surface area contributed by atoms with Crippen molar-refractivity contribution in [2.75, 3.05) is 31.2 Å². The predicted molar refractivity (Wildman–Crippen MR) is 73.0 cm³/mol. The second-order valence-electron chi connectivity index (χ2n) is 4.91. The number of nitrogens with two attached hydrogens (primary N) is 1. The molecule has 0 saturated carbocycles. The van der Waals surface area contributed by atoms with E-state index in [-0.39, 0.29) is 11.8 Å². The van der Waals surface area contributed by atoms with Crippen LogP contribution in [0.2, 0.25) is 0 Å². The van der Waals surface area contributed by atoms with Gasteiger partial charge >= 0.3 is 0 Å². The van der Waals surface area contributed by atoms with Gasteiger partial charge in [-0.15, -0.1) is 11.3 Å². The monoisotopic (exact) mass is 282 g/mol. The molecule has 0 bridgehead atoms. The van der Waals surface area contributed by atoms with Gasteiger partial charge in [0.25, 0.3) is 0 Å². The van der Waals surface area contributed by atoms with Crippen LogP contribution in [0.25, 0.3) is 0 Å². The van der Waals surface area contributed by atoms with Gasteiger partial charge in [-0.25, -0.2) is 10.8 Å². The summed E-state index contributed by atoms with van der Waals surface area (Å²) in [7, 11) is 0. The van der Waals surface area contributed by atoms with Crippen molar-refractivity contribution in [3.63, 3.8) is 0 Å². The third-order valence-electron chi connectivity index (χ3n) is 3.72. The standard InChI is InChI=1S/C12H18N4O2S/c13-15-11(17)8-1-2-9-10(7-8)19-12(14-9)16-3-5-18-6-4-16/h8H,1-7,13H2,(H,15,17). The fraction of sp³-hybridized carbons (Fsp3) is 0.667. The van der Waals surface area contributed by atoms with E-state index in [0.717, 1.165) is 56.4 Å². The Labute approximate surface area is 115 Å². The zero-order chi connectivity index (χ0) is 13.2. The van der Waals surface area contributed by atoms with Gasteiger partial charge in [-0.05, 0) is 19.3 Å². The quantitative estimate of drug-likeness (QED) is 0.456. The Hall–Kier alpha value is -1.18. The molecule has 19 heavy (non-hydrogen) atoms. The molecule has 1 unspecified atom stereocenters. The number of carbonyl (C=O) groups is 1. The zero-order valence-electron chi connectivity index (χ0n) is 10.7. The zero-order valence-corrected chi connectivity index (χ0v) is 11.5. The minimum atomic E-state index is -0.0630. The van der Waals surface area contributed by atoms with Gasteiger partial charge in [0.05, 0.1) is 18.9 Å².